The molecule has 1 unspecified atom stereocenters. The summed E-state index contributed by atoms with van der Waals surface area (Å²) in [6, 6.07) is 12.9. The number of nitro groups is 1. The van der Waals surface area contributed by atoms with E-state index in [-0.39, 0.29) is 35.7 Å². The Hall–Kier alpha value is -5.00. The van der Waals surface area contributed by atoms with E-state index in [1.54, 1.807) is 42.5 Å². The second kappa shape index (κ2) is 13.5. The molecule has 2 heterocycles. The normalized spacial score (nSPS) is 16.0. The Morgan fingerprint density at radius 3 is 2.45 bits per heavy atom. The van der Waals surface area contributed by atoms with Crippen LogP contribution in [0.25, 0.3) is 0 Å². The fourth-order valence-electron chi connectivity index (χ4n) is 5.31. The van der Waals surface area contributed by atoms with Gasteiger partial charge in [0.25, 0.3) is 5.91 Å². The molecule has 0 aromatic heterocycles. The van der Waals surface area contributed by atoms with Gasteiger partial charge >= 0.3 is 5.69 Å². The van der Waals surface area contributed by atoms with Gasteiger partial charge in [-0.05, 0) is 49.6 Å². The SMILES string of the molecule is CCC(CCOc1cc2c(cc1OC)C(=O)N1CCC[C@H]1C=N2)Oc1cccc(Oc2ccc(OC)c(OC)c2)c1[N+](=O)[O-]. The molecule has 1 fully saturated rings. The topological polar surface area (TPSA) is 131 Å². The van der Waals surface area contributed by atoms with Gasteiger partial charge in [0.15, 0.2) is 23.0 Å². The maximum atomic E-state index is 13.1. The van der Waals surface area contributed by atoms with Crippen molar-refractivity contribution in [1.29, 1.82) is 0 Å². The molecule has 5 rings (SSSR count). The Balaban J connectivity index is 1.29. The van der Waals surface area contributed by atoms with Gasteiger partial charge in [-0.1, -0.05) is 13.0 Å². The van der Waals surface area contributed by atoms with E-state index in [2.05, 4.69) is 4.99 Å². The molecular formula is C32H35N3O9. The first kappa shape index (κ1) is 30.5. The molecule has 0 aliphatic carbocycles. The molecule has 1 saturated heterocycles. The van der Waals surface area contributed by atoms with Gasteiger partial charge in [0, 0.05) is 31.3 Å². The van der Waals surface area contributed by atoms with Crippen molar-refractivity contribution in [2.45, 2.75) is 44.8 Å². The first-order valence-electron chi connectivity index (χ1n) is 14.4. The summed E-state index contributed by atoms with van der Waals surface area (Å²) in [7, 11) is 4.53. The van der Waals surface area contributed by atoms with Gasteiger partial charge in [-0.3, -0.25) is 19.9 Å². The van der Waals surface area contributed by atoms with Gasteiger partial charge in [-0.25, -0.2) is 0 Å². The molecule has 2 atom stereocenters. The van der Waals surface area contributed by atoms with E-state index in [4.69, 9.17) is 28.4 Å². The monoisotopic (exact) mass is 605 g/mol. The highest BCUT2D eigenvalue weighted by Gasteiger charge is 2.32. The fourth-order valence-corrected chi connectivity index (χ4v) is 5.31. The van der Waals surface area contributed by atoms with Gasteiger partial charge < -0.3 is 33.3 Å². The number of carbonyl (C=O) groups is 1. The summed E-state index contributed by atoms with van der Waals surface area (Å²) in [5, 5.41) is 12.1. The number of ether oxygens (including phenoxy) is 6. The lowest BCUT2D eigenvalue weighted by Crippen LogP contribution is -2.35. The minimum Gasteiger partial charge on any atom is -0.493 e. The van der Waals surface area contributed by atoms with E-state index in [1.165, 1.54) is 27.4 Å². The van der Waals surface area contributed by atoms with Gasteiger partial charge in [0.1, 0.15) is 11.9 Å². The molecular weight excluding hydrogens is 570 g/mol. The second-order valence-electron chi connectivity index (χ2n) is 10.3. The Morgan fingerprint density at radius 2 is 1.73 bits per heavy atom. The Morgan fingerprint density at radius 1 is 0.977 bits per heavy atom. The zero-order valence-corrected chi connectivity index (χ0v) is 25.1. The van der Waals surface area contributed by atoms with Crippen LogP contribution in [-0.2, 0) is 0 Å². The number of carbonyl (C=O) groups excluding carboxylic acids is 1. The molecule has 3 aromatic carbocycles. The highest BCUT2D eigenvalue weighted by Crippen LogP contribution is 2.42. The Labute approximate surface area is 255 Å². The summed E-state index contributed by atoms with van der Waals surface area (Å²) in [5.41, 5.74) is 0.717. The van der Waals surface area contributed by atoms with E-state index in [1.807, 2.05) is 18.0 Å². The summed E-state index contributed by atoms with van der Waals surface area (Å²) in [5.74, 6) is 2.18. The highest BCUT2D eigenvalue weighted by atomic mass is 16.6. The van der Waals surface area contributed by atoms with E-state index >= 15 is 0 Å². The first-order chi connectivity index (χ1) is 21.4. The Bertz CT molecular complexity index is 1560. The van der Waals surface area contributed by atoms with Crippen LogP contribution in [0.15, 0.2) is 53.5 Å². The van der Waals surface area contributed by atoms with Crippen LogP contribution in [0.4, 0.5) is 11.4 Å². The molecule has 0 N–H and O–H groups in total. The van der Waals surface area contributed by atoms with Crippen LogP contribution in [0.1, 0.15) is 43.0 Å². The minimum atomic E-state index is -0.526. The summed E-state index contributed by atoms with van der Waals surface area (Å²) in [6.07, 6.45) is 4.26. The summed E-state index contributed by atoms with van der Waals surface area (Å²) >= 11 is 0. The standard InChI is InChI=1S/C32H35N3O9/c1-5-21(13-15-42-30-18-24-23(17-29(30)41-4)32(36)34-14-7-8-20(34)19-33-24)43-26-9-6-10-27(31(26)35(37)38)44-22-11-12-25(39-2)28(16-22)40-3/h6,9-12,16-21H,5,7-8,13-15H2,1-4H3/t20-,21?/m0/s1. The third kappa shape index (κ3) is 6.34. The quantitative estimate of drug-likeness (QED) is 0.161. The van der Waals surface area contributed by atoms with E-state index in [0.717, 1.165) is 12.8 Å². The van der Waals surface area contributed by atoms with Crippen LogP contribution in [0.2, 0.25) is 0 Å². The molecule has 12 heteroatoms. The molecule has 0 radical (unpaired) electrons. The molecule has 0 bridgehead atoms. The van der Waals surface area contributed by atoms with Crippen molar-refractivity contribution in [1.82, 2.24) is 4.90 Å². The molecule has 1 amide bonds. The molecule has 2 aliphatic heterocycles. The van der Waals surface area contributed by atoms with Gasteiger partial charge in [-0.15, -0.1) is 0 Å². The van der Waals surface area contributed by atoms with Gasteiger partial charge in [0.05, 0.1) is 50.2 Å². The van der Waals surface area contributed by atoms with Crippen LogP contribution >= 0.6 is 0 Å². The minimum absolute atomic E-state index is 0.000259. The van der Waals surface area contributed by atoms with Crippen LogP contribution in [0, 0.1) is 10.1 Å². The molecule has 2 aliphatic rings. The van der Waals surface area contributed by atoms with Crippen molar-refractivity contribution in [2.24, 2.45) is 4.99 Å². The first-order valence-corrected chi connectivity index (χ1v) is 14.4. The summed E-state index contributed by atoms with van der Waals surface area (Å²) in [6.45, 7) is 2.86. The molecule has 3 aromatic rings. The number of methoxy groups -OCH3 is 3. The number of nitro benzene ring substituents is 1. The second-order valence-corrected chi connectivity index (χ2v) is 10.3. The number of benzene rings is 3. The molecule has 44 heavy (non-hydrogen) atoms. The maximum absolute atomic E-state index is 13.1. The third-order valence-corrected chi connectivity index (χ3v) is 7.63. The molecule has 0 saturated carbocycles. The average molecular weight is 606 g/mol. The van der Waals surface area contributed by atoms with E-state index in [9.17, 15) is 14.9 Å². The molecule has 232 valence electrons. The smallest absolute Gasteiger partial charge is 0.352 e. The summed E-state index contributed by atoms with van der Waals surface area (Å²) < 4.78 is 34.2. The number of fused-ring (bicyclic) bond motifs is 2. The average Bonchev–Trinajstić information content (AvgIpc) is 3.46. The highest BCUT2D eigenvalue weighted by molar-refractivity contribution is 6.03. The van der Waals surface area contributed by atoms with Crippen molar-refractivity contribution >= 4 is 23.5 Å². The van der Waals surface area contributed by atoms with Crippen molar-refractivity contribution in [3.8, 4) is 40.2 Å². The summed E-state index contributed by atoms with van der Waals surface area (Å²) in [4.78, 5) is 31.2. The zero-order chi connectivity index (χ0) is 31.2. The number of amides is 1. The predicted molar refractivity (Wildman–Crippen MR) is 163 cm³/mol. The van der Waals surface area contributed by atoms with Crippen LogP contribution in [-0.4, -0.2) is 68.6 Å². The number of rotatable bonds is 13. The third-order valence-electron chi connectivity index (χ3n) is 7.63. The largest absolute Gasteiger partial charge is 0.493 e. The number of para-hydroxylation sites is 1. The Kier molecular flexibility index (Phi) is 9.37. The zero-order valence-electron chi connectivity index (χ0n) is 25.1. The van der Waals surface area contributed by atoms with Gasteiger partial charge in [-0.2, -0.15) is 0 Å². The number of nitrogens with zero attached hydrogens (tertiary/aromatic N) is 3. The van der Waals surface area contributed by atoms with E-state index in [0.29, 0.717) is 59.4 Å². The molecule has 12 nitrogen and oxygen atoms in total. The van der Waals surface area contributed by atoms with Crippen LogP contribution in [0.5, 0.6) is 40.2 Å². The van der Waals surface area contributed by atoms with Crippen LogP contribution < -0.4 is 28.4 Å². The lowest BCUT2D eigenvalue weighted by Gasteiger charge is -2.21. The number of hydrogen-bond donors (Lipinski definition) is 0. The lowest BCUT2D eigenvalue weighted by molar-refractivity contribution is -0.386. The van der Waals surface area contributed by atoms with Crippen molar-refractivity contribution in [3.05, 3.63) is 64.2 Å². The van der Waals surface area contributed by atoms with Crippen LogP contribution in [0.3, 0.4) is 0 Å². The lowest BCUT2D eigenvalue weighted by atomic mass is 10.1. The predicted octanol–water partition coefficient (Wildman–Crippen LogP) is 6.36. The van der Waals surface area contributed by atoms with E-state index < -0.39 is 11.0 Å². The van der Waals surface area contributed by atoms with Gasteiger partial charge in [0.2, 0.25) is 11.5 Å². The van der Waals surface area contributed by atoms with Crippen molar-refractivity contribution < 1.29 is 38.1 Å². The maximum Gasteiger partial charge on any atom is 0.352 e. The van der Waals surface area contributed by atoms with Crippen molar-refractivity contribution in [3.63, 3.8) is 0 Å². The fraction of sp³-hybridized carbons (Fsp3) is 0.375. The van der Waals surface area contributed by atoms with Crippen molar-refractivity contribution in [2.75, 3.05) is 34.5 Å². The molecule has 0 spiro atoms. The number of hydrogen-bond acceptors (Lipinski definition) is 10. The number of aliphatic imine (C=N–C) groups is 1.